The monoisotopic (exact) mass is 297 g/mol. The molecule has 2 atom stereocenters. The van der Waals surface area contributed by atoms with Crippen molar-refractivity contribution in [2.24, 2.45) is 11.8 Å². The summed E-state index contributed by atoms with van der Waals surface area (Å²) < 4.78 is 5.03. The number of nitrogens with one attached hydrogen (secondary N) is 1. The Kier molecular flexibility index (Phi) is 2.96. The largest absolute Gasteiger partial charge is 0.465 e. The summed E-state index contributed by atoms with van der Waals surface area (Å²) in [4.78, 5) is 26.0. The number of esters is 1. The van der Waals surface area contributed by atoms with E-state index in [1.807, 2.05) is 18.2 Å². The molecule has 0 aliphatic carbocycles. The molecule has 1 amide bonds. The number of hydrogen-bond donors (Lipinski definition) is 1. The average Bonchev–Trinajstić information content (AvgIpc) is 3.25. The number of H-pyrrole nitrogens is 1. The van der Waals surface area contributed by atoms with Crippen molar-refractivity contribution in [1.29, 1.82) is 0 Å². The van der Waals surface area contributed by atoms with Crippen molar-refractivity contribution in [1.82, 2.24) is 15.1 Å². The van der Waals surface area contributed by atoms with E-state index in [1.54, 1.807) is 23.4 Å². The predicted octanol–water partition coefficient (Wildman–Crippen LogP) is 1.32. The van der Waals surface area contributed by atoms with Crippen molar-refractivity contribution in [3.05, 3.63) is 42.2 Å². The molecular formula is C16H15N3O3. The first-order chi connectivity index (χ1) is 10.7. The second-order valence-corrected chi connectivity index (χ2v) is 5.77. The van der Waals surface area contributed by atoms with Gasteiger partial charge in [-0.3, -0.25) is 14.7 Å². The molecule has 6 heteroatoms. The molecule has 1 N–H and O–H groups in total. The van der Waals surface area contributed by atoms with E-state index < -0.39 is 0 Å². The topological polar surface area (TPSA) is 75.3 Å². The molecule has 0 bridgehead atoms. The Balaban J connectivity index is 1.56. The van der Waals surface area contributed by atoms with Gasteiger partial charge in [-0.15, -0.1) is 0 Å². The van der Waals surface area contributed by atoms with Gasteiger partial charge in [0.25, 0.3) is 5.91 Å². The van der Waals surface area contributed by atoms with Gasteiger partial charge in [0.1, 0.15) is 0 Å². The minimum atomic E-state index is -0.174. The lowest BCUT2D eigenvalue weighted by atomic mass is 10.0. The van der Waals surface area contributed by atoms with Crippen LogP contribution in [0.1, 0.15) is 10.4 Å². The first kappa shape index (κ1) is 13.1. The van der Waals surface area contributed by atoms with Gasteiger partial charge in [-0.1, -0.05) is 12.1 Å². The van der Waals surface area contributed by atoms with E-state index in [0.29, 0.717) is 25.3 Å². The molecule has 1 aromatic heterocycles. The summed E-state index contributed by atoms with van der Waals surface area (Å²) in [5.41, 5.74) is 2.52. The highest BCUT2D eigenvalue weighted by Crippen LogP contribution is 2.31. The van der Waals surface area contributed by atoms with Crippen LogP contribution < -0.4 is 0 Å². The average molecular weight is 297 g/mol. The molecule has 2 aromatic rings. The van der Waals surface area contributed by atoms with Crippen LogP contribution in [0.15, 0.2) is 36.7 Å². The number of fused-ring (bicyclic) bond motifs is 1. The molecule has 3 heterocycles. The van der Waals surface area contributed by atoms with E-state index in [9.17, 15) is 9.59 Å². The fourth-order valence-corrected chi connectivity index (χ4v) is 3.19. The first-order valence-corrected chi connectivity index (χ1v) is 7.27. The summed E-state index contributed by atoms with van der Waals surface area (Å²) in [6.07, 6.45) is 3.51. The minimum absolute atomic E-state index is 0.0347. The molecule has 4 rings (SSSR count). The van der Waals surface area contributed by atoms with Gasteiger partial charge in [0.05, 0.1) is 18.7 Å². The molecule has 0 saturated carbocycles. The van der Waals surface area contributed by atoms with Crippen molar-refractivity contribution >= 4 is 11.9 Å². The number of cyclic esters (lactones) is 1. The van der Waals surface area contributed by atoms with E-state index in [4.69, 9.17) is 4.74 Å². The van der Waals surface area contributed by atoms with Gasteiger partial charge in [0.2, 0.25) is 0 Å². The molecule has 1 aromatic carbocycles. The van der Waals surface area contributed by atoms with Gasteiger partial charge in [-0.05, 0) is 17.7 Å². The van der Waals surface area contributed by atoms with Gasteiger partial charge in [-0.2, -0.15) is 5.10 Å². The molecule has 0 unspecified atom stereocenters. The lowest BCUT2D eigenvalue weighted by Crippen LogP contribution is -2.30. The number of rotatable bonds is 2. The maximum absolute atomic E-state index is 12.7. The normalized spacial score (nSPS) is 23.5. The van der Waals surface area contributed by atoms with Gasteiger partial charge in [0.15, 0.2) is 0 Å². The van der Waals surface area contributed by atoms with Crippen LogP contribution in [-0.2, 0) is 9.53 Å². The molecule has 0 radical (unpaired) electrons. The highest BCUT2D eigenvalue weighted by atomic mass is 16.5. The highest BCUT2D eigenvalue weighted by molar-refractivity contribution is 5.96. The third-order valence-electron chi connectivity index (χ3n) is 4.41. The first-order valence-electron chi connectivity index (χ1n) is 7.27. The van der Waals surface area contributed by atoms with Gasteiger partial charge < -0.3 is 9.64 Å². The van der Waals surface area contributed by atoms with E-state index in [2.05, 4.69) is 10.2 Å². The van der Waals surface area contributed by atoms with Crippen LogP contribution in [0, 0.1) is 11.8 Å². The van der Waals surface area contributed by atoms with E-state index in [0.717, 1.165) is 11.1 Å². The molecule has 2 aliphatic heterocycles. The van der Waals surface area contributed by atoms with Gasteiger partial charge in [0, 0.05) is 36.3 Å². The Bertz CT molecular complexity index is 726. The summed E-state index contributed by atoms with van der Waals surface area (Å²) >= 11 is 0. The fraction of sp³-hybridized carbons (Fsp3) is 0.312. The maximum atomic E-state index is 12.7. The number of amides is 1. The van der Waals surface area contributed by atoms with Crippen LogP contribution in [-0.4, -0.2) is 46.7 Å². The van der Waals surface area contributed by atoms with Crippen LogP contribution >= 0.6 is 0 Å². The maximum Gasteiger partial charge on any atom is 0.311 e. The molecule has 6 nitrogen and oxygen atoms in total. The van der Waals surface area contributed by atoms with Crippen molar-refractivity contribution < 1.29 is 14.3 Å². The Morgan fingerprint density at radius 3 is 3.00 bits per heavy atom. The lowest BCUT2D eigenvalue weighted by molar-refractivity contribution is -0.141. The van der Waals surface area contributed by atoms with Crippen molar-refractivity contribution in [3.8, 4) is 11.1 Å². The minimum Gasteiger partial charge on any atom is -0.465 e. The Labute approximate surface area is 127 Å². The number of likely N-dealkylation sites (tertiary alicyclic amines) is 1. The fourth-order valence-electron chi connectivity index (χ4n) is 3.19. The second kappa shape index (κ2) is 4.98. The lowest BCUT2D eigenvalue weighted by Gasteiger charge is -2.17. The predicted molar refractivity (Wildman–Crippen MR) is 77.9 cm³/mol. The standard InChI is InChI=1S/C16H15N3O3/c20-15(19-7-13-9-22-16(21)14(13)8-19)11-3-1-2-10(4-11)12-5-17-18-6-12/h1-6,13-14H,7-9H2,(H,17,18)/t13-,14-/m1/s1. The smallest absolute Gasteiger partial charge is 0.311 e. The van der Waals surface area contributed by atoms with E-state index in [-0.39, 0.29) is 23.7 Å². The van der Waals surface area contributed by atoms with Crippen LogP contribution in [0.2, 0.25) is 0 Å². The molecule has 2 saturated heterocycles. The summed E-state index contributed by atoms with van der Waals surface area (Å²) in [6, 6.07) is 7.47. The molecular weight excluding hydrogens is 282 g/mol. The zero-order chi connectivity index (χ0) is 15.1. The number of benzene rings is 1. The number of aromatic amines is 1. The number of hydrogen-bond acceptors (Lipinski definition) is 4. The summed E-state index contributed by atoms with van der Waals surface area (Å²) in [5, 5.41) is 6.69. The third-order valence-corrected chi connectivity index (χ3v) is 4.41. The number of carbonyl (C=O) groups excluding carboxylic acids is 2. The highest BCUT2D eigenvalue weighted by Gasteiger charge is 2.45. The third kappa shape index (κ3) is 2.07. The molecule has 112 valence electrons. The number of nitrogens with zero attached hydrogens (tertiary/aromatic N) is 2. The van der Waals surface area contributed by atoms with Crippen LogP contribution in [0.4, 0.5) is 0 Å². The zero-order valence-electron chi connectivity index (χ0n) is 11.9. The second-order valence-electron chi connectivity index (χ2n) is 5.77. The summed E-state index contributed by atoms with van der Waals surface area (Å²) in [5.74, 6) is -0.213. The van der Waals surface area contributed by atoms with Gasteiger partial charge >= 0.3 is 5.97 Å². The van der Waals surface area contributed by atoms with Crippen LogP contribution in [0.25, 0.3) is 11.1 Å². The summed E-state index contributed by atoms with van der Waals surface area (Å²) in [6.45, 7) is 1.48. The molecule has 2 fully saturated rings. The molecule has 22 heavy (non-hydrogen) atoms. The summed E-state index contributed by atoms with van der Waals surface area (Å²) in [7, 11) is 0. The van der Waals surface area contributed by atoms with Crippen molar-refractivity contribution in [3.63, 3.8) is 0 Å². The zero-order valence-corrected chi connectivity index (χ0v) is 11.9. The number of carbonyl (C=O) groups is 2. The Hall–Kier alpha value is -2.63. The number of aromatic nitrogens is 2. The van der Waals surface area contributed by atoms with Crippen LogP contribution in [0.5, 0.6) is 0 Å². The molecule has 0 spiro atoms. The van der Waals surface area contributed by atoms with E-state index in [1.165, 1.54) is 0 Å². The van der Waals surface area contributed by atoms with Crippen molar-refractivity contribution in [2.45, 2.75) is 0 Å². The van der Waals surface area contributed by atoms with Crippen LogP contribution in [0.3, 0.4) is 0 Å². The van der Waals surface area contributed by atoms with Gasteiger partial charge in [-0.25, -0.2) is 0 Å². The Morgan fingerprint density at radius 2 is 2.23 bits per heavy atom. The van der Waals surface area contributed by atoms with Crippen molar-refractivity contribution in [2.75, 3.05) is 19.7 Å². The molecule has 2 aliphatic rings. The quantitative estimate of drug-likeness (QED) is 0.848. The van der Waals surface area contributed by atoms with E-state index >= 15 is 0 Å². The number of ether oxygens (including phenoxy) is 1. The Morgan fingerprint density at radius 1 is 1.32 bits per heavy atom. The SMILES string of the molecule is O=C1OC[C@H]2CN(C(=O)c3cccc(-c4cn[nH]c4)c3)C[C@@H]12.